The number of carboxylic acids is 1. The fourth-order valence-corrected chi connectivity index (χ4v) is 2.60. The van der Waals surface area contributed by atoms with Crippen LogP contribution in [0.1, 0.15) is 15.9 Å². The van der Waals surface area contributed by atoms with Crippen molar-refractivity contribution in [3.8, 4) is 11.1 Å². The number of amides is 1. The SMILES string of the molecule is NC(=O)OCC(N)Cc1ccccc1.O=C(O)c1ccc(-c2ccccc2)cc1. The van der Waals surface area contributed by atoms with E-state index in [2.05, 4.69) is 4.74 Å². The highest BCUT2D eigenvalue weighted by molar-refractivity contribution is 5.88. The molecule has 1 unspecified atom stereocenters. The van der Waals surface area contributed by atoms with Crippen LogP contribution in [0.2, 0.25) is 0 Å². The summed E-state index contributed by atoms with van der Waals surface area (Å²) >= 11 is 0. The average Bonchev–Trinajstić information content (AvgIpc) is 2.74. The van der Waals surface area contributed by atoms with Gasteiger partial charge < -0.3 is 21.3 Å². The van der Waals surface area contributed by atoms with Gasteiger partial charge in [-0.1, -0.05) is 72.8 Å². The van der Waals surface area contributed by atoms with Gasteiger partial charge in [-0.25, -0.2) is 9.59 Å². The summed E-state index contributed by atoms with van der Waals surface area (Å²) in [6.07, 6.45) is -0.109. The smallest absolute Gasteiger partial charge is 0.404 e. The number of carbonyl (C=O) groups is 2. The molecule has 6 heteroatoms. The molecule has 1 amide bonds. The molecule has 3 rings (SSSR count). The van der Waals surface area contributed by atoms with Crippen LogP contribution in [0.5, 0.6) is 0 Å². The van der Waals surface area contributed by atoms with Crippen LogP contribution in [-0.4, -0.2) is 29.8 Å². The lowest BCUT2D eigenvalue weighted by atomic mass is 10.0. The van der Waals surface area contributed by atoms with E-state index < -0.39 is 12.1 Å². The number of carboxylic acid groups (broad SMARTS) is 1. The first-order valence-corrected chi connectivity index (χ1v) is 9.06. The molecule has 3 aromatic carbocycles. The third-order valence-corrected chi connectivity index (χ3v) is 4.02. The van der Waals surface area contributed by atoms with Crippen LogP contribution in [0.15, 0.2) is 84.9 Å². The molecule has 0 aliphatic rings. The number of primary amides is 1. The molecular weight excluding hydrogens is 368 g/mol. The second-order valence-corrected chi connectivity index (χ2v) is 6.33. The molecule has 0 spiro atoms. The van der Waals surface area contributed by atoms with E-state index in [-0.39, 0.29) is 12.6 Å². The van der Waals surface area contributed by atoms with E-state index in [0.29, 0.717) is 12.0 Å². The molecule has 0 aromatic heterocycles. The topological polar surface area (TPSA) is 116 Å². The van der Waals surface area contributed by atoms with Crippen LogP contribution in [0.4, 0.5) is 4.79 Å². The molecular formula is C23H24N2O4. The fourth-order valence-electron chi connectivity index (χ4n) is 2.60. The maximum atomic E-state index is 10.6. The Kier molecular flexibility index (Phi) is 8.41. The van der Waals surface area contributed by atoms with Crippen molar-refractivity contribution in [2.45, 2.75) is 12.5 Å². The second kappa shape index (κ2) is 11.3. The van der Waals surface area contributed by atoms with Crippen molar-refractivity contribution in [2.75, 3.05) is 6.61 Å². The van der Waals surface area contributed by atoms with E-state index in [0.717, 1.165) is 16.7 Å². The summed E-state index contributed by atoms with van der Waals surface area (Å²) in [5.74, 6) is -0.894. The Morgan fingerprint density at radius 1 is 0.828 bits per heavy atom. The van der Waals surface area contributed by atoms with Crippen LogP contribution in [0.3, 0.4) is 0 Å². The monoisotopic (exact) mass is 392 g/mol. The number of benzene rings is 3. The number of carbonyl (C=O) groups excluding carboxylic acids is 1. The van der Waals surface area contributed by atoms with Crippen molar-refractivity contribution in [3.05, 3.63) is 96.1 Å². The molecule has 1 atom stereocenters. The van der Waals surface area contributed by atoms with Gasteiger partial charge in [0.1, 0.15) is 6.61 Å². The summed E-state index contributed by atoms with van der Waals surface area (Å²) in [7, 11) is 0. The van der Waals surface area contributed by atoms with E-state index in [4.69, 9.17) is 16.6 Å². The highest BCUT2D eigenvalue weighted by Gasteiger charge is 2.05. The minimum Gasteiger partial charge on any atom is -0.478 e. The first-order chi connectivity index (χ1) is 14.0. The number of ether oxygens (including phenoxy) is 1. The molecule has 0 aliphatic carbocycles. The molecule has 29 heavy (non-hydrogen) atoms. The van der Waals surface area contributed by atoms with Crippen LogP contribution in [0.25, 0.3) is 11.1 Å². The minimum absolute atomic E-state index is 0.157. The molecule has 0 aliphatic heterocycles. The zero-order valence-corrected chi connectivity index (χ0v) is 15.9. The Bertz CT molecular complexity index is 897. The predicted molar refractivity (Wildman–Crippen MR) is 112 cm³/mol. The van der Waals surface area contributed by atoms with Gasteiger partial charge in [-0.3, -0.25) is 0 Å². The second-order valence-electron chi connectivity index (χ2n) is 6.33. The lowest BCUT2D eigenvalue weighted by Crippen LogP contribution is -2.31. The van der Waals surface area contributed by atoms with Gasteiger partial charge in [0.25, 0.3) is 0 Å². The first kappa shape index (κ1) is 21.7. The lowest BCUT2D eigenvalue weighted by molar-refractivity contribution is 0.0697. The standard InChI is InChI=1S/C13H10O2.C10H14N2O2/c14-13(15)12-8-6-11(7-9-12)10-4-2-1-3-5-10;11-9(7-14-10(12)13)6-8-4-2-1-3-5-8/h1-9H,(H,14,15);1-5,9H,6-7,11H2,(H2,12,13). The van der Waals surface area contributed by atoms with E-state index in [9.17, 15) is 9.59 Å². The molecule has 0 heterocycles. The summed E-state index contributed by atoms with van der Waals surface area (Å²) in [6.45, 7) is 0.157. The molecule has 6 nitrogen and oxygen atoms in total. The third kappa shape index (κ3) is 7.86. The molecule has 0 fully saturated rings. The lowest BCUT2D eigenvalue weighted by Gasteiger charge is -2.10. The Morgan fingerprint density at radius 3 is 1.86 bits per heavy atom. The fraction of sp³-hybridized carbons (Fsp3) is 0.130. The van der Waals surface area contributed by atoms with Crippen molar-refractivity contribution in [3.63, 3.8) is 0 Å². The van der Waals surface area contributed by atoms with Crippen LogP contribution in [0, 0.1) is 0 Å². The summed E-state index contributed by atoms with van der Waals surface area (Å²) in [5, 5.41) is 8.75. The van der Waals surface area contributed by atoms with E-state index in [1.165, 1.54) is 0 Å². The van der Waals surface area contributed by atoms with Gasteiger partial charge in [0.2, 0.25) is 0 Å². The number of hydrogen-bond acceptors (Lipinski definition) is 4. The summed E-state index contributed by atoms with van der Waals surface area (Å²) < 4.78 is 4.59. The Balaban J connectivity index is 0.000000208. The molecule has 0 radical (unpaired) electrons. The van der Waals surface area contributed by atoms with Crippen molar-refractivity contribution in [1.82, 2.24) is 0 Å². The number of rotatable bonds is 6. The predicted octanol–water partition coefficient (Wildman–Crippen LogP) is 3.70. The van der Waals surface area contributed by atoms with Crippen molar-refractivity contribution < 1.29 is 19.4 Å². The number of hydrogen-bond donors (Lipinski definition) is 3. The molecule has 150 valence electrons. The van der Waals surface area contributed by atoms with Crippen molar-refractivity contribution in [2.24, 2.45) is 11.5 Å². The first-order valence-electron chi connectivity index (χ1n) is 9.06. The normalized spacial score (nSPS) is 10.9. The molecule has 3 aromatic rings. The maximum absolute atomic E-state index is 10.6. The van der Waals surface area contributed by atoms with E-state index in [1.807, 2.05) is 72.8 Å². The highest BCUT2D eigenvalue weighted by Crippen LogP contribution is 2.19. The molecule has 5 N–H and O–H groups in total. The molecule has 0 saturated carbocycles. The quantitative estimate of drug-likeness (QED) is 0.591. The van der Waals surface area contributed by atoms with Crippen molar-refractivity contribution >= 4 is 12.1 Å². The Morgan fingerprint density at radius 2 is 1.34 bits per heavy atom. The molecule has 0 saturated heterocycles. The molecule has 0 bridgehead atoms. The van der Waals surface area contributed by atoms with Gasteiger partial charge in [-0.15, -0.1) is 0 Å². The maximum Gasteiger partial charge on any atom is 0.404 e. The third-order valence-electron chi connectivity index (χ3n) is 4.02. The number of aromatic carboxylic acids is 1. The zero-order chi connectivity index (χ0) is 21.1. The largest absolute Gasteiger partial charge is 0.478 e. The van der Waals surface area contributed by atoms with Gasteiger partial charge in [-0.2, -0.15) is 0 Å². The Labute approximate surface area is 169 Å². The number of nitrogens with two attached hydrogens (primary N) is 2. The Hall–Kier alpha value is -3.64. The van der Waals surface area contributed by atoms with Gasteiger partial charge in [-0.05, 0) is 35.2 Å². The van der Waals surface area contributed by atoms with Crippen molar-refractivity contribution in [1.29, 1.82) is 0 Å². The van der Waals surface area contributed by atoms with Gasteiger partial charge in [0.05, 0.1) is 5.56 Å². The minimum atomic E-state index is -0.894. The van der Waals surface area contributed by atoms with Gasteiger partial charge in [0.15, 0.2) is 0 Å². The summed E-state index contributed by atoms with van der Waals surface area (Å²) in [4.78, 5) is 20.9. The highest BCUT2D eigenvalue weighted by atomic mass is 16.5. The van der Waals surface area contributed by atoms with Gasteiger partial charge in [0, 0.05) is 6.04 Å². The zero-order valence-electron chi connectivity index (χ0n) is 15.9. The van der Waals surface area contributed by atoms with Crippen LogP contribution >= 0.6 is 0 Å². The van der Waals surface area contributed by atoms with Crippen LogP contribution in [-0.2, 0) is 11.2 Å². The van der Waals surface area contributed by atoms with Crippen LogP contribution < -0.4 is 11.5 Å². The average molecular weight is 392 g/mol. The summed E-state index contributed by atoms with van der Waals surface area (Å²) in [6, 6.07) is 26.3. The van der Waals surface area contributed by atoms with E-state index in [1.54, 1.807) is 12.1 Å². The van der Waals surface area contributed by atoms with E-state index >= 15 is 0 Å². The summed E-state index contributed by atoms with van der Waals surface area (Å²) in [5.41, 5.74) is 14.1. The van der Waals surface area contributed by atoms with Gasteiger partial charge >= 0.3 is 12.1 Å².